The Balaban J connectivity index is 1.86. The van der Waals surface area contributed by atoms with Gasteiger partial charge >= 0.3 is 0 Å². The number of rotatable bonds is 4. The predicted octanol–water partition coefficient (Wildman–Crippen LogP) is 2.99. The minimum Gasteiger partial charge on any atom is -0.481 e. The number of halogens is 1. The van der Waals surface area contributed by atoms with Gasteiger partial charge in [0.1, 0.15) is 5.75 Å². The Labute approximate surface area is 143 Å². The summed E-state index contributed by atoms with van der Waals surface area (Å²) in [4.78, 5) is 23.9. The average Bonchev–Trinajstić information content (AvgIpc) is 2.53. The topological polar surface area (TPSA) is 67.4 Å². The molecule has 0 aliphatic heterocycles. The second kappa shape index (κ2) is 7.78. The number of aryl methyl sites for hydroxylation is 1. The van der Waals surface area contributed by atoms with Gasteiger partial charge < -0.3 is 4.74 Å². The van der Waals surface area contributed by atoms with Crippen LogP contribution in [-0.4, -0.2) is 17.9 Å². The first kappa shape index (κ1) is 17.0. The van der Waals surface area contributed by atoms with Crippen molar-refractivity contribution in [2.24, 2.45) is 0 Å². The van der Waals surface area contributed by atoms with Gasteiger partial charge in [0.2, 0.25) is 0 Å². The number of carbonyl (C=O) groups is 2. The Bertz CT molecular complexity index is 701. The zero-order valence-electron chi connectivity index (χ0n) is 12.8. The average molecular weight is 377 g/mol. The van der Waals surface area contributed by atoms with E-state index in [2.05, 4.69) is 26.8 Å². The van der Waals surface area contributed by atoms with Crippen LogP contribution in [0.4, 0.5) is 0 Å². The van der Waals surface area contributed by atoms with E-state index in [0.29, 0.717) is 11.3 Å². The van der Waals surface area contributed by atoms with Crippen molar-refractivity contribution in [3.05, 3.63) is 64.1 Å². The lowest BCUT2D eigenvalue weighted by molar-refractivity contribution is -0.128. The van der Waals surface area contributed by atoms with Gasteiger partial charge in [-0.2, -0.15) is 0 Å². The van der Waals surface area contributed by atoms with Gasteiger partial charge in [-0.05, 0) is 44.2 Å². The quantitative estimate of drug-likeness (QED) is 0.806. The van der Waals surface area contributed by atoms with Gasteiger partial charge in [-0.25, -0.2) is 0 Å². The highest BCUT2D eigenvalue weighted by atomic mass is 79.9. The van der Waals surface area contributed by atoms with E-state index < -0.39 is 12.0 Å². The summed E-state index contributed by atoms with van der Waals surface area (Å²) in [6.07, 6.45) is -0.748. The minimum atomic E-state index is -0.748. The molecule has 0 radical (unpaired) electrons. The van der Waals surface area contributed by atoms with Gasteiger partial charge in [-0.1, -0.05) is 39.7 Å². The van der Waals surface area contributed by atoms with Crippen LogP contribution in [0.15, 0.2) is 53.0 Å². The number of amides is 2. The lowest BCUT2D eigenvalue weighted by Gasteiger charge is -2.15. The van der Waals surface area contributed by atoms with E-state index in [4.69, 9.17) is 4.74 Å². The predicted molar refractivity (Wildman–Crippen MR) is 91.0 cm³/mol. The maximum Gasteiger partial charge on any atom is 0.279 e. The van der Waals surface area contributed by atoms with Crippen molar-refractivity contribution in [2.45, 2.75) is 20.0 Å². The van der Waals surface area contributed by atoms with Crippen molar-refractivity contribution in [3.63, 3.8) is 0 Å². The first-order valence-electron chi connectivity index (χ1n) is 7.05. The van der Waals surface area contributed by atoms with Gasteiger partial charge in [0.05, 0.1) is 0 Å². The second-order valence-corrected chi connectivity index (χ2v) is 5.94. The molecule has 5 nitrogen and oxygen atoms in total. The number of nitrogens with one attached hydrogen (secondary N) is 2. The summed E-state index contributed by atoms with van der Waals surface area (Å²) < 4.78 is 6.37. The number of benzene rings is 2. The van der Waals surface area contributed by atoms with E-state index in [1.807, 2.05) is 31.2 Å². The molecule has 120 valence electrons. The third-order valence-electron chi connectivity index (χ3n) is 3.09. The molecule has 0 aliphatic carbocycles. The van der Waals surface area contributed by atoms with Crippen LogP contribution in [0.5, 0.6) is 5.75 Å². The molecular weight excluding hydrogens is 360 g/mol. The molecular formula is C17H17BrN2O3. The summed E-state index contributed by atoms with van der Waals surface area (Å²) in [5.41, 5.74) is 6.25. The summed E-state index contributed by atoms with van der Waals surface area (Å²) in [5.74, 6) is -0.259. The smallest absolute Gasteiger partial charge is 0.279 e. The third-order valence-corrected chi connectivity index (χ3v) is 3.58. The molecule has 1 atom stereocenters. The molecule has 2 rings (SSSR count). The molecule has 23 heavy (non-hydrogen) atoms. The van der Waals surface area contributed by atoms with Crippen LogP contribution >= 0.6 is 15.9 Å². The van der Waals surface area contributed by atoms with Crippen molar-refractivity contribution >= 4 is 27.7 Å². The van der Waals surface area contributed by atoms with E-state index >= 15 is 0 Å². The molecule has 0 aliphatic rings. The molecule has 0 spiro atoms. The fourth-order valence-electron chi connectivity index (χ4n) is 1.80. The fraction of sp³-hybridized carbons (Fsp3) is 0.176. The van der Waals surface area contributed by atoms with E-state index in [0.717, 1.165) is 10.0 Å². The van der Waals surface area contributed by atoms with Crippen LogP contribution in [0.3, 0.4) is 0 Å². The molecule has 2 aromatic rings. The van der Waals surface area contributed by atoms with Crippen molar-refractivity contribution in [1.82, 2.24) is 10.9 Å². The molecule has 2 amide bonds. The molecule has 0 heterocycles. The number of hydrazine groups is 1. The molecule has 2 aromatic carbocycles. The highest BCUT2D eigenvalue weighted by Gasteiger charge is 2.16. The largest absolute Gasteiger partial charge is 0.481 e. The highest BCUT2D eigenvalue weighted by Crippen LogP contribution is 2.18. The van der Waals surface area contributed by atoms with Gasteiger partial charge in [0.15, 0.2) is 6.10 Å². The lowest BCUT2D eigenvalue weighted by atomic mass is 10.1. The van der Waals surface area contributed by atoms with E-state index in [-0.39, 0.29) is 5.91 Å². The van der Waals surface area contributed by atoms with E-state index in [1.54, 1.807) is 31.2 Å². The minimum absolute atomic E-state index is 0.381. The van der Waals surface area contributed by atoms with Crippen molar-refractivity contribution in [1.29, 1.82) is 0 Å². The molecule has 6 heteroatoms. The normalized spacial score (nSPS) is 11.4. The number of ether oxygens (including phenoxy) is 1. The Hall–Kier alpha value is -2.34. The zero-order chi connectivity index (χ0) is 16.8. The third kappa shape index (κ3) is 5.10. The summed E-state index contributed by atoms with van der Waals surface area (Å²) in [6.45, 7) is 3.54. The number of carbonyl (C=O) groups excluding carboxylic acids is 2. The Morgan fingerprint density at radius 3 is 2.43 bits per heavy atom. The van der Waals surface area contributed by atoms with E-state index in [9.17, 15) is 9.59 Å². The molecule has 0 saturated carbocycles. The maximum absolute atomic E-state index is 12.0. The zero-order valence-corrected chi connectivity index (χ0v) is 14.4. The summed E-state index contributed by atoms with van der Waals surface area (Å²) in [5, 5.41) is 0. The Morgan fingerprint density at radius 2 is 1.78 bits per heavy atom. The summed E-state index contributed by atoms with van der Waals surface area (Å²) in [6, 6.07) is 14.2. The van der Waals surface area contributed by atoms with Crippen molar-refractivity contribution < 1.29 is 14.3 Å². The van der Waals surface area contributed by atoms with Gasteiger partial charge in [-0.3, -0.25) is 20.4 Å². The second-order valence-electron chi connectivity index (χ2n) is 5.03. The maximum atomic E-state index is 12.0. The summed E-state index contributed by atoms with van der Waals surface area (Å²) in [7, 11) is 0. The molecule has 2 N–H and O–H groups in total. The van der Waals surface area contributed by atoms with Crippen molar-refractivity contribution in [2.75, 3.05) is 0 Å². The standard InChI is InChI=1S/C17H17BrN2O3/c1-11-6-8-13(9-7-11)17(22)20-19-16(21)12(2)23-15-5-3-4-14(18)10-15/h3-10,12H,1-2H3,(H,19,21)(H,20,22). The molecule has 1 unspecified atom stereocenters. The van der Waals surface area contributed by atoms with Crippen LogP contribution in [-0.2, 0) is 4.79 Å². The Kier molecular flexibility index (Phi) is 5.76. The fourth-order valence-corrected chi connectivity index (χ4v) is 2.17. The summed E-state index contributed by atoms with van der Waals surface area (Å²) >= 11 is 3.33. The van der Waals surface area contributed by atoms with Crippen LogP contribution in [0, 0.1) is 6.92 Å². The van der Waals surface area contributed by atoms with Crippen LogP contribution in [0.1, 0.15) is 22.8 Å². The monoisotopic (exact) mass is 376 g/mol. The number of hydrogen-bond acceptors (Lipinski definition) is 3. The molecule has 0 bridgehead atoms. The first-order chi connectivity index (χ1) is 11.0. The first-order valence-corrected chi connectivity index (χ1v) is 7.84. The SMILES string of the molecule is Cc1ccc(C(=O)NNC(=O)C(C)Oc2cccc(Br)c2)cc1. The van der Waals surface area contributed by atoms with E-state index in [1.165, 1.54) is 0 Å². The lowest BCUT2D eigenvalue weighted by Crippen LogP contribution is -2.47. The van der Waals surface area contributed by atoms with Gasteiger partial charge in [0.25, 0.3) is 11.8 Å². The number of hydrogen-bond donors (Lipinski definition) is 2. The van der Waals surface area contributed by atoms with Crippen LogP contribution in [0.2, 0.25) is 0 Å². The van der Waals surface area contributed by atoms with Crippen LogP contribution < -0.4 is 15.6 Å². The van der Waals surface area contributed by atoms with Crippen LogP contribution in [0.25, 0.3) is 0 Å². The highest BCUT2D eigenvalue weighted by molar-refractivity contribution is 9.10. The molecule has 0 fully saturated rings. The van der Waals surface area contributed by atoms with Gasteiger partial charge in [0, 0.05) is 10.0 Å². The van der Waals surface area contributed by atoms with Crippen molar-refractivity contribution in [3.8, 4) is 5.75 Å². The van der Waals surface area contributed by atoms with Gasteiger partial charge in [-0.15, -0.1) is 0 Å². The molecule has 0 aromatic heterocycles. The molecule has 0 saturated heterocycles. The Morgan fingerprint density at radius 1 is 1.09 bits per heavy atom.